The highest BCUT2D eigenvalue weighted by Gasteiger charge is 2.44. The summed E-state index contributed by atoms with van der Waals surface area (Å²) >= 11 is 0. The molecule has 1 aliphatic rings. The molecule has 1 aromatic carbocycles. The standard InChI is InChI=1S/C16H22O3/c1-15(2,19-3)8-9-16(14(17)18)10-12-6-4-5-7-13(12)11-16/h4-7H,8-11H2,1-3H3,(H,17,18). The van der Waals surface area contributed by atoms with Gasteiger partial charge in [-0.2, -0.15) is 0 Å². The van der Waals surface area contributed by atoms with Gasteiger partial charge >= 0.3 is 5.97 Å². The number of aliphatic carboxylic acids is 1. The highest BCUT2D eigenvalue weighted by Crippen LogP contribution is 2.42. The highest BCUT2D eigenvalue weighted by molar-refractivity contribution is 5.77. The lowest BCUT2D eigenvalue weighted by Crippen LogP contribution is -2.35. The molecule has 0 bridgehead atoms. The molecule has 2 rings (SSSR count). The number of ether oxygens (including phenoxy) is 1. The van der Waals surface area contributed by atoms with Crippen molar-refractivity contribution in [3.8, 4) is 0 Å². The first-order valence-electron chi connectivity index (χ1n) is 6.74. The predicted molar refractivity (Wildman–Crippen MR) is 74.2 cm³/mol. The van der Waals surface area contributed by atoms with Gasteiger partial charge in [-0.1, -0.05) is 24.3 Å². The Labute approximate surface area is 114 Å². The Morgan fingerprint density at radius 2 is 1.84 bits per heavy atom. The Balaban J connectivity index is 2.17. The molecule has 3 nitrogen and oxygen atoms in total. The van der Waals surface area contributed by atoms with E-state index in [2.05, 4.69) is 0 Å². The second kappa shape index (κ2) is 4.97. The first-order chi connectivity index (χ1) is 8.88. The van der Waals surface area contributed by atoms with Gasteiger partial charge in [-0.05, 0) is 50.7 Å². The van der Waals surface area contributed by atoms with Crippen LogP contribution in [-0.2, 0) is 22.4 Å². The van der Waals surface area contributed by atoms with E-state index in [-0.39, 0.29) is 5.60 Å². The minimum atomic E-state index is -0.685. The summed E-state index contributed by atoms with van der Waals surface area (Å²) in [5.74, 6) is -0.685. The molecule has 0 atom stereocenters. The van der Waals surface area contributed by atoms with Crippen LogP contribution < -0.4 is 0 Å². The minimum absolute atomic E-state index is 0.267. The Kier molecular flexibility index (Phi) is 3.68. The topological polar surface area (TPSA) is 46.5 Å². The Morgan fingerprint density at radius 1 is 1.32 bits per heavy atom. The Bertz CT molecular complexity index is 452. The summed E-state index contributed by atoms with van der Waals surface area (Å²) in [6, 6.07) is 8.05. The number of hydrogen-bond donors (Lipinski definition) is 1. The largest absolute Gasteiger partial charge is 0.481 e. The molecule has 1 aliphatic carbocycles. The molecular formula is C16H22O3. The minimum Gasteiger partial charge on any atom is -0.481 e. The third kappa shape index (κ3) is 2.81. The molecule has 3 heteroatoms. The van der Waals surface area contributed by atoms with Crippen LogP contribution in [-0.4, -0.2) is 23.8 Å². The summed E-state index contributed by atoms with van der Waals surface area (Å²) in [6.45, 7) is 4.01. The van der Waals surface area contributed by atoms with Crippen molar-refractivity contribution in [3.05, 3.63) is 35.4 Å². The number of rotatable bonds is 5. The van der Waals surface area contributed by atoms with E-state index in [0.29, 0.717) is 19.3 Å². The zero-order valence-electron chi connectivity index (χ0n) is 11.9. The molecule has 0 fully saturated rings. The van der Waals surface area contributed by atoms with Crippen molar-refractivity contribution in [2.45, 2.75) is 45.1 Å². The molecule has 0 spiro atoms. The van der Waals surface area contributed by atoms with Gasteiger partial charge in [-0.3, -0.25) is 4.79 Å². The summed E-state index contributed by atoms with van der Waals surface area (Å²) in [5.41, 5.74) is 1.44. The van der Waals surface area contributed by atoms with E-state index in [9.17, 15) is 9.90 Å². The van der Waals surface area contributed by atoms with Crippen LogP contribution in [0.25, 0.3) is 0 Å². The van der Waals surface area contributed by atoms with Crippen LogP contribution in [0.15, 0.2) is 24.3 Å². The van der Waals surface area contributed by atoms with Gasteiger partial charge < -0.3 is 9.84 Å². The van der Waals surface area contributed by atoms with Crippen molar-refractivity contribution in [3.63, 3.8) is 0 Å². The van der Waals surface area contributed by atoms with Crippen LogP contribution in [0.3, 0.4) is 0 Å². The van der Waals surface area contributed by atoms with E-state index in [0.717, 1.165) is 6.42 Å². The normalized spacial score (nSPS) is 17.2. The molecule has 1 N–H and O–H groups in total. The molecule has 104 valence electrons. The van der Waals surface area contributed by atoms with Gasteiger partial charge in [0.05, 0.1) is 11.0 Å². The van der Waals surface area contributed by atoms with Gasteiger partial charge in [0, 0.05) is 7.11 Å². The van der Waals surface area contributed by atoms with Gasteiger partial charge in [0.2, 0.25) is 0 Å². The summed E-state index contributed by atoms with van der Waals surface area (Å²) in [5, 5.41) is 9.66. The smallest absolute Gasteiger partial charge is 0.310 e. The average molecular weight is 262 g/mol. The molecule has 0 saturated heterocycles. The van der Waals surface area contributed by atoms with Crippen LogP contribution in [0.5, 0.6) is 0 Å². The lowest BCUT2D eigenvalue weighted by atomic mass is 9.78. The monoisotopic (exact) mass is 262 g/mol. The van der Waals surface area contributed by atoms with Crippen LogP contribution in [0, 0.1) is 5.41 Å². The van der Waals surface area contributed by atoms with Crippen molar-refractivity contribution < 1.29 is 14.6 Å². The maximum atomic E-state index is 11.8. The fourth-order valence-corrected chi connectivity index (χ4v) is 2.77. The van der Waals surface area contributed by atoms with Crippen molar-refractivity contribution >= 4 is 5.97 Å². The first kappa shape index (κ1) is 14.1. The van der Waals surface area contributed by atoms with Crippen LogP contribution >= 0.6 is 0 Å². The Hall–Kier alpha value is -1.35. The summed E-state index contributed by atoms with van der Waals surface area (Å²) in [7, 11) is 1.68. The van der Waals surface area contributed by atoms with E-state index < -0.39 is 11.4 Å². The van der Waals surface area contributed by atoms with Gasteiger partial charge in [-0.15, -0.1) is 0 Å². The summed E-state index contributed by atoms with van der Waals surface area (Å²) in [4.78, 5) is 11.8. The van der Waals surface area contributed by atoms with E-state index in [1.165, 1.54) is 11.1 Å². The molecule has 0 saturated carbocycles. The van der Waals surface area contributed by atoms with Crippen molar-refractivity contribution in [2.24, 2.45) is 5.41 Å². The lowest BCUT2D eigenvalue weighted by Gasteiger charge is -2.29. The Morgan fingerprint density at radius 3 is 2.26 bits per heavy atom. The van der Waals surface area contributed by atoms with Crippen LogP contribution in [0.2, 0.25) is 0 Å². The molecule has 0 heterocycles. The molecule has 0 unspecified atom stereocenters. The second-order valence-electron chi connectivity index (χ2n) is 6.17. The quantitative estimate of drug-likeness (QED) is 0.887. The van der Waals surface area contributed by atoms with Crippen molar-refractivity contribution in [1.29, 1.82) is 0 Å². The predicted octanol–water partition coefficient (Wildman–Crippen LogP) is 3.06. The number of carboxylic acids is 1. The maximum absolute atomic E-state index is 11.8. The van der Waals surface area contributed by atoms with Crippen LogP contribution in [0.4, 0.5) is 0 Å². The highest BCUT2D eigenvalue weighted by atomic mass is 16.5. The van der Waals surface area contributed by atoms with Gasteiger partial charge in [-0.25, -0.2) is 0 Å². The number of carbonyl (C=O) groups is 1. The van der Waals surface area contributed by atoms with Gasteiger partial charge in [0.15, 0.2) is 0 Å². The third-order valence-electron chi connectivity index (χ3n) is 4.39. The van der Waals surface area contributed by atoms with Crippen LogP contribution in [0.1, 0.15) is 37.8 Å². The number of carboxylic acid groups (broad SMARTS) is 1. The first-order valence-corrected chi connectivity index (χ1v) is 6.74. The van der Waals surface area contributed by atoms with Crippen molar-refractivity contribution in [2.75, 3.05) is 7.11 Å². The molecule has 0 amide bonds. The number of benzene rings is 1. The van der Waals surface area contributed by atoms with Crippen molar-refractivity contribution in [1.82, 2.24) is 0 Å². The number of hydrogen-bond acceptors (Lipinski definition) is 2. The zero-order chi connectivity index (χ0) is 14.1. The SMILES string of the molecule is COC(C)(C)CCC1(C(=O)O)Cc2ccccc2C1. The molecule has 1 aromatic rings. The number of methoxy groups -OCH3 is 1. The third-order valence-corrected chi connectivity index (χ3v) is 4.39. The van der Waals surface area contributed by atoms with E-state index in [1.54, 1.807) is 7.11 Å². The molecule has 0 aliphatic heterocycles. The average Bonchev–Trinajstić information content (AvgIpc) is 2.76. The molecule has 19 heavy (non-hydrogen) atoms. The number of fused-ring (bicyclic) bond motifs is 1. The summed E-state index contributed by atoms with van der Waals surface area (Å²) in [6.07, 6.45) is 2.68. The zero-order valence-corrected chi connectivity index (χ0v) is 11.9. The lowest BCUT2D eigenvalue weighted by molar-refractivity contribution is -0.149. The second-order valence-corrected chi connectivity index (χ2v) is 6.17. The molecule has 0 aromatic heterocycles. The maximum Gasteiger partial charge on any atom is 0.310 e. The van der Waals surface area contributed by atoms with E-state index in [1.807, 2.05) is 38.1 Å². The van der Waals surface area contributed by atoms with E-state index in [4.69, 9.17) is 4.74 Å². The molecular weight excluding hydrogens is 240 g/mol. The van der Waals surface area contributed by atoms with Gasteiger partial charge in [0.25, 0.3) is 0 Å². The van der Waals surface area contributed by atoms with Gasteiger partial charge in [0.1, 0.15) is 0 Å². The fourth-order valence-electron chi connectivity index (χ4n) is 2.77. The fraction of sp³-hybridized carbons (Fsp3) is 0.562. The summed E-state index contributed by atoms with van der Waals surface area (Å²) < 4.78 is 5.41. The molecule has 0 radical (unpaired) electrons. The van der Waals surface area contributed by atoms with E-state index >= 15 is 0 Å².